The van der Waals surface area contributed by atoms with Crippen molar-refractivity contribution in [2.75, 3.05) is 11.9 Å². The number of carbonyl (C=O) groups is 1. The molecule has 2 aromatic rings. The third-order valence-corrected chi connectivity index (χ3v) is 5.49. The van der Waals surface area contributed by atoms with Crippen molar-refractivity contribution in [1.29, 1.82) is 0 Å². The zero-order valence-electron chi connectivity index (χ0n) is 13.8. The SMILES string of the molecule is Cc1cc(S(N)(=O)=O)cc(NC(=O)COc2cc(Cl)c(Cl)cc2Cl)c1C. The fourth-order valence-electron chi connectivity index (χ4n) is 2.06. The second-order valence-electron chi connectivity index (χ2n) is 5.49. The second kappa shape index (κ2) is 8.02. The number of aryl methyl sites for hydroxylation is 1. The smallest absolute Gasteiger partial charge is 0.262 e. The minimum absolute atomic E-state index is 0.0932. The van der Waals surface area contributed by atoms with Gasteiger partial charge in [-0.1, -0.05) is 34.8 Å². The number of hydrogen-bond acceptors (Lipinski definition) is 4. The van der Waals surface area contributed by atoms with Crippen molar-refractivity contribution >= 4 is 56.4 Å². The van der Waals surface area contributed by atoms with E-state index in [-0.39, 0.29) is 32.3 Å². The molecule has 2 aromatic carbocycles. The number of ether oxygens (including phenoxy) is 1. The molecule has 0 atom stereocenters. The standard InChI is InChI=1S/C16H15Cl3N2O4S/c1-8-3-10(26(20,23)24)4-14(9(8)2)21-16(22)7-25-15-6-12(18)11(17)5-13(15)19/h3-6H,7H2,1-2H3,(H,21,22)(H2,20,23,24). The molecule has 0 saturated heterocycles. The van der Waals surface area contributed by atoms with Crippen LogP contribution < -0.4 is 15.2 Å². The van der Waals surface area contributed by atoms with Gasteiger partial charge in [0.25, 0.3) is 5.91 Å². The Morgan fingerprint density at radius 1 is 1.08 bits per heavy atom. The lowest BCUT2D eigenvalue weighted by molar-refractivity contribution is -0.118. The number of benzene rings is 2. The van der Waals surface area contributed by atoms with Gasteiger partial charge in [0.1, 0.15) is 5.75 Å². The van der Waals surface area contributed by atoms with Crippen molar-refractivity contribution in [3.63, 3.8) is 0 Å². The van der Waals surface area contributed by atoms with Crippen LogP contribution >= 0.6 is 34.8 Å². The van der Waals surface area contributed by atoms with Gasteiger partial charge in [-0.3, -0.25) is 4.79 Å². The Balaban J connectivity index is 2.16. The van der Waals surface area contributed by atoms with E-state index in [0.717, 1.165) is 0 Å². The summed E-state index contributed by atoms with van der Waals surface area (Å²) >= 11 is 17.7. The van der Waals surface area contributed by atoms with E-state index >= 15 is 0 Å². The van der Waals surface area contributed by atoms with Crippen LogP contribution in [0.25, 0.3) is 0 Å². The minimum atomic E-state index is -3.90. The number of nitrogens with one attached hydrogen (secondary N) is 1. The summed E-state index contributed by atoms with van der Waals surface area (Å²) in [7, 11) is -3.90. The molecule has 0 unspecified atom stereocenters. The fourth-order valence-corrected chi connectivity index (χ4v) is 3.28. The summed E-state index contributed by atoms with van der Waals surface area (Å²) in [5.74, 6) is -0.316. The molecule has 140 valence electrons. The van der Waals surface area contributed by atoms with Gasteiger partial charge < -0.3 is 10.1 Å². The van der Waals surface area contributed by atoms with E-state index in [1.54, 1.807) is 13.8 Å². The molecule has 2 rings (SSSR count). The van der Waals surface area contributed by atoms with E-state index in [1.165, 1.54) is 24.3 Å². The Hall–Kier alpha value is -1.51. The van der Waals surface area contributed by atoms with Crippen LogP contribution in [0.3, 0.4) is 0 Å². The molecule has 0 heterocycles. The average molecular weight is 438 g/mol. The maximum Gasteiger partial charge on any atom is 0.262 e. The predicted octanol–water partition coefficient (Wildman–Crippen LogP) is 3.93. The maximum absolute atomic E-state index is 12.2. The number of sulfonamides is 1. The summed E-state index contributed by atoms with van der Waals surface area (Å²) in [6.07, 6.45) is 0. The molecule has 0 spiro atoms. The largest absolute Gasteiger partial charge is 0.482 e. The zero-order chi connectivity index (χ0) is 19.6. The van der Waals surface area contributed by atoms with Gasteiger partial charge in [-0.25, -0.2) is 13.6 Å². The molecule has 10 heteroatoms. The maximum atomic E-state index is 12.2. The number of halogens is 3. The summed E-state index contributed by atoms with van der Waals surface area (Å²) in [5.41, 5.74) is 1.70. The Morgan fingerprint density at radius 3 is 2.31 bits per heavy atom. The molecule has 0 aliphatic rings. The van der Waals surface area contributed by atoms with Gasteiger partial charge in [-0.15, -0.1) is 0 Å². The Kier molecular flexibility index (Phi) is 6.42. The highest BCUT2D eigenvalue weighted by atomic mass is 35.5. The lowest BCUT2D eigenvalue weighted by Crippen LogP contribution is -2.21. The van der Waals surface area contributed by atoms with Crippen LogP contribution in [0, 0.1) is 13.8 Å². The monoisotopic (exact) mass is 436 g/mol. The van der Waals surface area contributed by atoms with E-state index in [1.807, 2.05) is 0 Å². The van der Waals surface area contributed by atoms with E-state index in [2.05, 4.69) is 5.32 Å². The fraction of sp³-hybridized carbons (Fsp3) is 0.188. The van der Waals surface area contributed by atoms with Crippen LogP contribution in [0.5, 0.6) is 5.75 Å². The van der Waals surface area contributed by atoms with Crippen LogP contribution in [0.1, 0.15) is 11.1 Å². The molecule has 0 aliphatic heterocycles. The zero-order valence-corrected chi connectivity index (χ0v) is 16.9. The number of hydrogen-bond donors (Lipinski definition) is 2. The summed E-state index contributed by atoms with van der Waals surface area (Å²) in [6, 6.07) is 5.53. The van der Waals surface area contributed by atoms with Crippen LogP contribution in [0.2, 0.25) is 15.1 Å². The lowest BCUT2D eigenvalue weighted by atomic mass is 10.1. The van der Waals surface area contributed by atoms with Gasteiger partial charge in [-0.2, -0.15) is 0 Å². The molecule has 26 heavy (non-hydrogen) atoms. The highest BCUT2D eigenvalue weighted by Gasteiger charge is 2.15. The Morgan fingerprint density at radius 2 is 1.69 bits per heavy atom. The molecule has 6 nitrogen and oxygen atoms in total. The molecule has 0 bridgehead atoms. The number of primary sulfonamides is 1. The molecule has 1 amide bonds. The van der Waals surface area contributed by atoms with E-state index in [0.29, 0.717) is 16.8 Å². The molecule has 0 aliphatic carbocycles. The highest BCUT2D eigenvalue weighted by Crippen LogP contribution is 2.33. The second-order valence-corrected chi connectivity index (χ2v) is 8.27. The number of amides is 1. The number of anilines is 1. The van der Waals surface area contributed by atoms with Gasteiger partial charge in [0.05, 0.1) is 20.0 Å². The Labute approximate surface area is 166 Å². The van der Waals surface area contributed by atoms with Crippen molar-refractivity contribution in [2.24, 2.45) is 5.14 Å². The first-order chi connectivity index (χ1) is 12.0. The van der Waals surface area contributed by atoms with Crippen LogP contribution in [-0.4, -0.2) is 20.9 Å². The number of carbonyl (C=O) groups excluding carboxylic acids is 1. The molecule has 0 radical (unpaired) electrons. The highest BCUT2D eigenvalue weighted by molar-refractivity contribution is 7.89. The first-order valence-electron chi connectivity index (χ1n) is 7.20. The van der Waals surface area contributed by atoms with Crippen molar-refractivity contribution in [2.45, 2.75) is 18.7 Å². The third kappa shape index (κ3) is 5.02. The normalized spacial score (nSPS) is 11.3. The average Bonchev–Trinajstić information content (AvgIpc) is 2.52. The predicted molar refractivity (Wildman–Crippen MR) is 103 cm³/mol. The molecule has 0 fully saturated rings. The van der Waals surface area contributed by atoms with Crippen molar-refractivity contribution in [3.8, 4) is 5.75 Å². The van der Waals surface area contributed by atoms with Crippen molar-refractivity contribution in [1.82, 2.24) is 0 Å². The summed E-state index contributed by atoms with van der Waals surface area (Å²) < 4.78 is 28.4. The van der Waals surface area contributed by atoms with Gasteiger partial charge in [0.15, 0.2) is 6.61 Å². The van der Waals surface area contributed by atoms with Gasteiger partial charge in [-0.05, 0) is 43.2 Å². The first kappa shape index (κ1) is 20.8. The van der Waals surface area contributed by atoms with Gasteiger partial charge >= 0.3 is 0 Å². The van der Waals surface area contributed by atoms with Gasteiger partial charge in [0, 0.05) is 11.8 Å². The summed E-state index contributed by atoms with van der Waals surface area (Å²) in [6.45, 7) is 3.09. The first-order valence-corrected chi connectivity index (χ1v) is 9.88. The molecule has 3 N–H and O–H groups in total. The van der Waals surface area contributed by atoms with Crippen LogP contribution in [-0.2, 0) is 14.8 Å². The third-order valence-electron chi connectivity index (χ3n) is 3.58. The summed E-state index contributed by atoms with van der Waals surface area (Å²) in [4.78, 5) is 12.1. The summed E-state index contributed by atoms with van der Waals surface area (Å²) in [5, 5.41) is 8.45. The van der Waals surface area contributed by atoms with Gasteiger partial charge in [0.2, 0.25) is 10.0 Å². The lowest BCUT2D eigenvalue weighted by Gasteiger charge is -2.14. The number of rotatable bonds is 5. The van der Waals surface area contributed by atoms with Crippen molar-refractivity contribution in [3.05, 3.63) is 50.5 Å². The van der Waals surface area contributed by atoms with E-state index in [9.17, 15) is 13.2 Å². The van der Waals surface area contributed by atoms with E-state index < -0.39 is 15.9 Å². The Bertz CT molecular complexity index is 978. The quantitative estimate of drug-likeness (QED) is 0.692. The minimum Gasteiger partial charge on any atom is -0.482 e. The number of nitrogens with two attached hydrogens (primary N) is 1. The molecule has 0 saturated carbocycles. The molecular formula is C16H15Cl3N2O4S. The van der Waals surface area contributed by atoms with Crippen LogP contribution in [0.15, 0.2) is 29.2 Å². The van der Waals surface area contributed by atoms with Crippen molar-refractivity contribution < 1.29 is 17.9 Å². The van der Waals surface area contributed by atoms with Crippen LogP contribution in [0.4, 0.5) is 5.69 Å². The van der Waals surface area contributed by atoms with E-state index in [4.69, 9.17) is 44.7 Å². The topological polar surface area (TPSA) is 98.5 Å². The molecular weight excluding hydrogens is 423 g/mol. The molecule has 0 aromatic heterocycles.